The Morgan fingerprint density at radius 2 is 1.90 bits per heavy atom. The summed E-state index contributed by atoms with van der Waals surface area (Å²) in [7, 11) is 6.19. The quantitative estimate of drug-likeness (QED) is 0.835. The van der Waals surface area contributed by atoms with Gasteiger partial charge >= 0.3 is 0 Å². The third-order valence-electron chi connectivity index (χ3n) is 4.98. The number of hydrogen-bond donors (Lipinski definition) is 1. The molecule has 2 rings (SSSR count). The number of likely N-dealkylation sites (N-methyl/N-ethyl adjacent to an activating group) is 1. The molecular weight excluding hydrogens is 260 g/mol. The van der Waals surface area contributed by atoms with Crippen LogP contribution in [0.15, 0.2) is 24.3 Å². The molecule has 21 heavy (non-hydrogen) atoms. The largest absolute Gasteiger partial charge is 0.496 e. The van der Waals surface area contributed by atoms with Crippen LogP contribution in [0.3, 0.4) is 0 Å². The fraction of sp³-hybridized carbons (Fsp3) is 0.667. The Kier molecular flexibility index (Phi) is 5.65. The van der Waals surface area contributed by atoms with E-state index in [0.29, 0.717) is 11.6 Å². The van der Waals surface area contributed by atoms with Crippen LogP contribution in [0.5, 0.6) is 5.75 Å². The minimum absolute atomic E-state index is 0.356. The third-order valence-corrected chi connectivity index (χ3v) is 4.98. The molecule has 1 aromatic rings. The molecule has 1 aromatic carbocycles. The van der Waals surface area contributed by atoms with Crippen molar-refractivity contribution in [1.29, 1.82) is 0 Å². The maximum absolute atomic E-state index is 5.45. The number of methoxy groups -OCH3 is 1. The summed E-state index contributed by atoms with van der Waals surface area (Å²) < 4.78 is 5.45. The summed E-state index contributed by atoms with van der Waals surface area (Å²) in [4.78, 5) is 2.42. The Balaban J connectivity index is 1.91. The monoisotopic (exact) mass is 290 g/mol. The molecule has 0 aromatic heterocycles. The van der Waals surface area contributed by atoms with Crippen molar-refractivity contribution in [3.63, 3.8) is 0 Å². The number of benzene rings is 1. The molecule has 0 spiro atoms. The number of hydrogen-bond acceptors (Lipinski definition) is 3. The van der Waals surface area contributed by atoms with Crippen molar-refractivity contribution >= 4 is 0 Å². The van der Waals surface area contributed by atoms with Gasteiger partial charge in [0.1, 0.15) is 5.75 Å². The van der Waals surface area contributed by atoms with Gasteiger partial charge in [-0.3, -0.25) is 0 Å². The van der Waals surface area contributed by atoms with E-state index in [1.165, 1.54) is 31.2 Å². The van der Waals surface area contributed by atoms with Crippen molar-refractivity contribution in [2.75, 3.05) is 27.7 Å². The molecule has 1 aliphatic rings. The Morgan fingerprint density at radius 1 is 1.24 bits per heavy atom. The molecule has 0 heterocycles. The van der Waals surface area contributed by atoms with E-state index in [4.69, 9.17) is 4.74 Å². The predicted octanol–water partition coefficient (Wildman–Crippen LogP) is 3.09. The first kappa shape index (κ1) is 16.3. The van der Waals surface area contributed by atoms with E-state index in [0.717, 1.165) is 18.7 Å². The van der Waals surface area contributed by atoms with E-state index in [9.17, 15) is 0 Å². The lowest BCUT2D eigenvalue weighted by molar-refractivity contribution is 0.150. The summed E-state index contributed by atoms with van der Waals surface area (Å²) >= 11 is 0. The third kappa shape index (κ3) is 3.98. The van der Waals surface area contributed by atoms with Gasteiger partial charge < -0.3 is 15.0 Å². The van der Waals surface area contributed by atoms with Gasteiger partial charge in [0.05, 0.1) is 7.11 Å². The molecule has 1 fully saturated rings. The van der Waals surface area contributed by atoms with Crippen molar-refractivity contribution in [2.45, 2.75) is 50.6 Å². The first-order valence-corrected chi connectivity index (χ1v) is 8.10. The highest BCUT2D eigenvalue weighted by Crippen LogP contribution is 2.33. The second kappa shape index (κ2) is 7.28. The van der Waals surface area contributed by atoms with Crippen molar-refractivity contribution in [2.24, 2.45) is 0 Å². The number of nitrogens with one attached hydrogen (secondary N) is 1. The van der Waals surface area contributed by atoms with E-state index < -0.39 is 0 Å². The number of rotatable bonds is 7. The van der Waals surface area contributed by atoms with Crippen LogP contribution >= 0.6 is 0 Å². The van der Waals surface area contributed by atoms with Crippen LogP contribution in [-0.4, -0.2) is 44.2 Å². The molecule has 0 saturated heterocycles. The molecule has 1 saturated carbocycles. The van der Waals surface area contributed by atoms with Crippen molar-refractivity contribution < 1.29 is 4.74 Å². The molecule has 1 N–H and O–H groups in total. The molecule has 118 valence electrons. The highest BCUT2D eigenvalue weighted by Gasteiger charge is 2.35. The van der Waals surface area contributed by atoms with E-state index >= 15 is 0 Å². The Morgan fingerprint density at radius 3 is 2.52 bits per heavy atom. The summed E-state index contributed by atoms with van der Waals surface area (Å²) in [5, 5.41) is 3.75. The molecule has 0 radical (unpaired) electrons. The average molecular weight is 290 g/mol. The molecule has 0 bridgehead atoms. The lowest BCUT2D eigenvalue weighted by Gasteiger charge is -2.37. The van der Waals surface area contributed by atoms with Crippen molar-refractivity contribution in [1.82, 2.24) is 10.2 Å². The van der Waals surface area contributed by atoms with E-state index in [1.54, 1.807) is 7.11 Å². The van der Waals surface area contributed by atoms with Gasteiger partial charge in [0.2, 0.25) is 0 Å². The number of ether oxygens (including phenoxy) is 1. The van der Waals surface area contributed by atoms with Crippen molar-refractivity contribution in [3.05, 3.63) is 29.8 Å². The summed E-state index contributed by atoms with van der Waals surface area (Å²) in [5.41, 5.74) is 1.64. The van der Waals surface area contributed by atoms with Gasteiger partial charge in [-0.15, -0.1) is 0 Å². The highest BCUT2D eigenvalue weighted by atomic mass is 16.5. The zero-order chi connectivity index (χ0) is 15.3. The van der Waals surface area contributed by atoms with Crippen LogP contribution in [-0.2, 0) is 6.42 Å². The number of para-hydroxylation sites is 1. The highest BCUT2D eigenvalue weighted by molar-refractivity contribution is 5.33. The predicted molar refractivity (Wildman–Crippen MR) is 89.0 cm³/mol. The first-order valence-electron chi connectivity index (χ1n) is 8.10. The van der Waals surface area contributed by atoms with E-state index in [-0.39, 0.29) is 0 Å². The van der Waals surface area contributed by atoms with Crippen LogP contribution < -0.4 is 10.1 Å². The van der Waals surface area contributed by atoms with Gasteiger partial charge in [-0.2, -0.15) is 0 Å². The molecule has 3 heteroatoms. The fourth-order valence-corrected chi connectivity index (χ4v) is 3.45. The second-order valence-electron chi connectivity index (χ2n) is 6.62. The van der Waals surface area contributed by atoms with Crippen LogP contribution in [0.25, 0.3) is 0 Å². The fourth-order valence-electron chi connectivity index (χ4n) is 3.45. The molecule has 0 amide bonds. The topological polar surface area (TPSA) is 24.5 Å². The molecule has 1 atom stereocenters. The molecule has 1 aliphatic carbocycles. The normalized spacial score (nSPS) is 18.9. The smallest absolute Gasteiger partial charge is 0.122 e. The standard InChI is InChI=1S/C18H30N2O/c1-15(13-16-9-5-6-10-17(16)21-4)19-14-18(20(2)3)11-7-8-12-18/h5-6,9-10,15,19H,7-8,11-14H2,1-4H3. The van der Waals surface area contributed by atoms with Gasteiger partial charge in [0.25, 0.3) is 0 Å². The summed E-state index contributed by atoms with van der Waals surface area (Å²) in [6.07, 6.45) is 6.36. The van der Waals surface area contributed by atoms with Gasteiger partial charge in [-0.1, -0.05) is 31.0 Å². The van der Waals surface area contributed by atoms with Crippen LogP contribution in [0.4, 0.5) is 0 Å². The minimum atomic E-state index is 0.356. The zero-order valence-electron chi connectivity index (χ0n) is 14.0. The average Bonchev–Trinajstić information content (AvgIpc) is 2.96. The van der Waals surface area contributed by atoms with E-state index in [2.05, 4.69) is 43.4 Å². The summed E-state index contributed by atoms with van der Waals surface area (Å²) in [6, 6.07) is 8.77. The summed E-state index contributed by atoms with van der Waals surface area (Å²) in [6.45, 7) is 3.35. The van der Waals surface area contributed by atoms with Gasteiger partial charge in [-0.05, 0) is 51.9 Å². The van der Waals surface area contributed by atoms with Crippen LogP contribution in [0.2, 0.25) is 0 Å². The lowest BCUT2D eigenvalue weighted by Crippen LogP contribution is -2.51. The van der Waals surface area contributed by atoms with Gasteiger partial charge in [0.15, 0.2) is 0 Å². The Bertz CT molecular complexity index is 439. The lowest BCUT2D eigenvalue weighted by atomic mass is 9.95. The molecule has 3 nitrogen and oxygen atoms in total. The van der Waals surface area contributed by atoms with Crippen molar-refractivity contribution in [3.8, 4) is 5.75 Å². The maximum atomic E-state index is 5.45. The minimum Gasteiger partial charge on any atom is -0.496 e. The summed E-state index contributed by atoms with van der Waals surface area (Å²) in [5.74, 6) is 0.995. The SMILES string of the molecule is COc1ccccc1CC(C)NCC1(N(C)C)CCCC1. The Labute approximate surface area is 129 Å². The van der Waals surface area contributed by atoms with Gasteiger partial charge in [-0.25, -0.2) is 0 Å². The second-order valence-corrected chi connectivity index (χ2v) is 6.62. The van der Waals surface area contributed by atoms with E-state index in [1.807, 2.05) is 12.1 Å². The number of nitrogens with zero attached hydrogens (tertiary/aromatic N) is 1. The van der Waals surface area contributed by atoms with Crippen LogP contribution in [0.1, 0.15) is 38.2 Å². The van der Waals surface area contributed by atoms with Crippen LogP contribution in [0, 0.1) is 0 Å². The van der Waals surface area contributed by atoms with Gasteiger partial charge in [0, 0.05) is 18.1 Å². The zero-order valence-corrected chi connectivity index (χ0v) is 14.0. The molecule has 1 unspecified atom stereocenters. The Hall–Kier alpha value is -1.06. The first-order chi connectivity index (χ1) is 10.1. The molecule has 0 aliphatic heterocycles. The molecular formula is C18H30N2O. The maximum Gasteiger partial charge on any atom is 0.122 e.